The van der Waals surface area contributed by atoms with Gasteiger partial charge in [0.1, 0.15) is 17.5 Å². The summed E-state index contributed by atoms with van der Waals surface area (Å²) in [6, 6.07) is 12.5. The van der Waals surface area contributed by atoms with Crippen molar-refractivity contribution in [1.29, 1.82) is 0 Å². The molecule has 2 atom stereocenters. The summed E-state index contributed by atoms with van der Waals surface area (Å²) in [5.74, 6) is -1.64. The maximum absolute atomic E-state index is 13.0. The number of carbonyl (C=O) groups is 2. The standard InChI is InChI=1S/C20H23FN2O4/c1-20(27,15-6-4-3-5-7-15)13-23(2)19(26)17(12-24)22-18(25)14-8-10-16(21)11-9-14/h3-11,17,24,27H,12-13H2,1-2H3,(H,22,25)/t17-,20?/m0/s1. The molecule has 2 amide bonds. The summed E-state index contributed by atoms with van der Waals surface area (Å²) in [6.07, 6.45) is 0. The molecule has 0 saturated carbocycles. The third-order valence-electron chi connectivity index (χ3n) is 4.21. The lowest BCUT2D eigenvalue weighted by Crippen LogP contribution is -2.52. The molecule has 0 bridgehead atoms. The first-order chi connectivity index (χ1) is 12.7. The number of hydrogen-bond acceptors (Lipinski definition) is 4. The van der Waals surface area contributed by atoms with Crippen LogP contribution in [0.5, 0.6) is 0 Å². The summed E-state index contributed by atoms with van der Waals surface area (Å²) in [4.78, 5) is 26.0. The number of halogens is 1. The molecule has 0 aliphatic carbocycles. The van der Waals surface area contributed by atoms with E-state index in [1.54, 1.807) is 31.2 Å². The lowest BCUT2D eigenvalue weighted by Gasteiger charge is -2.31. The van der Waals surface area contributed by atoms with E-state index in [9.17, 15) is 24.2 Å². The molecule has 6 nitrogen and oxygen atoms in total. The van der Waals surface area contributed by atoms with Crippen molar-refractivity contribution in [3.63, 3.8) is 0 Å². The Labute approximate surface area is 157 Å². The molecule has 0 aliphatic heterocycles. The zero-order chi connectivity index (χ0) is 20.0. The number of benzene rings is 2. The molecular weight excluding hydrogens is 351 g/mol. The van der Waals surface area contributed by atoms with E-state index < -0.39 is 35.9 Å². The van der Waals surface area contributed by atoms with Crippen LogP contribution in [0.4, 0.5) is 4.39 Å². The summed E-state index contributed by atoms with van der Waals surface area (Å²) >= 11 is 0. The number of carbonyl (C=O) groups excluding carboxylic acids is 2. The van der Waals surface area contributed by atoms with Crippen molar-refractivity contribution in [2.75, 3.05) is 20.2 Å². The number of aliphatic hydroxyl groups excluding tert-OH is 1. The van der Waals surface area contributed by atoms with Crippen molar-refractivity contribution in [1.82, 2.24) is 10.2 Å². The molecule has 27 heavy (non-hydrogen) atoms. The monoisotopic (exact) mass is 374 g/mol. The van der Waals surface area contributed by atoms with Crippen LogP contribution in [0.25, 0.3) is 0 Å². The SMILES string of the molecule is CN(CC(C)(O)c1ccccc1)C(=O)[C@H](CO)NC(=O)c1ccc(F)cc1. The minimum absolute atomic E-state index is 0.0290. The predicted molar refractivity (Wildman–Crippen MR) is 98.4 cm³/mol. The van der Waals surface area contributed by atoms with Gasteiger partial charge in [-0.05, 0) is 36.8 Å². The molecule has 7 heteroatoms. The Kier molecular flexibility index (Phi) is 6.65. The maximum Gasteiger partial charge on any atom is 0.251 e. The van der Waals surface area contributed by atoms with E-state index in [0.29, 0.717) is 5.56 Å². The van der Waals surface area contributed by atoms with Crippen molar-refractivity contribution in [2.24, 2.45) is 0 Å². The highest BCUT2D eigenvalue weighted by Gasteiger charge is 2.30. The second-order valence-corrected chi connectivity index (χ2v) is 6.55. The largest absolute Gasteiger partial charge is 0.394 e. The zero-order valence-corrected chi connectivity index (χ0v) is 15.2. The second kappa shape index (κ2) is 8.75. The van der Waals surface area contributed by atoms with Gasteiger partial charge in [0.25, 0.3) is 5.91 Å². The number of nitrogens with zero attached hydrogens (tertiary/aromatic N) is 1. The Morgan fingerprint density at radius 2 is 1.74 bits per heavy atom. The van der Waals surface area contributed by atoms with E-state index in [0.717, 1.165) is 12.1 Å². The molecule has 3 N–H and O–H groups in total. The van der Waals surface area contributed by atoms with E-state index in [-0.39, 0.29) is 12.1 Å². The van der Waals surface area contributed by atoms with Crippen LogP contribution in [-0.4, -0.2) is 53.2 Å². The number of amides is 2. The van der Waals surface area contributed by atoms with Crippen LogP contribution in [-0.2, 0) is 10.4 Å². The summed E-state index contributed by atoms with van der Waals surface area (Å²) in [6.45, 7) is 0.944. The van der Waals surface area contributed by atoms with E-state index >= 15 is 0 Å². The minimum Gasteiger partial charge on any atom is -0.394 e. The molecule has 0 spiro atoms. The quantitative estimate of drug-likeness (QED) is 0.681. The third-order valence-corrected chi connectivity index (χ3v) is 4.21. The molecule has 2 aromatic rings. The average Bonchev–Trinajstić information content (AvgIpc) is 2.66. The molecule has 0 heterocycles. The molecule has 1 unspecified atom stereocenters. The van der Waals surface area contributed by atoms with Crippen LogP contribution in [0.3, 0.4) is 0 Å². The summed E-state index contributed by atoms with van der Waals surface area (Å²) in [5, 5.41) is 22.6. The molecule has 0 aliphatic rings. The van der Waals surface area contributed by atoms with Gasteiger partial charge in [-0.2, -0.15) is 0 Å². The second-order valence-electron chi connectivity index (χ2n) is 6.55. The fraction of sp³-hybridized carbons (Fsp3) is 0.300. The summed E-state index contributed by atoms with van der Waals surface area (Å²) in [5.41, 5.74) is -0.491. The smallest absolute Gasteiger partial charge is 0.251 e. The number of nitrogens with one attached hydrogen (secondary N) is 1. The van der Waals surface area contributed by atoms with E-state index in [1.165, 1.54) is 24.1 Å². The zero-order valence-electron chi connectivity index (χ0n) is 15.2. The molecule has 144 valence electrons. The highest BCUT2D eigenvalue weighted by atomic mass is 19.1. The van der Waals surface area contributed by atoms with Crippen LogP contribution in [0.1, 0.15) is 22.8 Å². The first kappa shape index (κ1) is 20.5. The van der Waals surface area contributed by atoms with E-state index in [2.05, 4.69) is 5.32 Å². The van der Waals surface area contributed by atoms with Crippen LogP contribution in [0.2, 0.25) is 0 Å². The number of hydrogen-bond donors (Lipinski definition) is 3. The van der Waals surface area contributed by atoms with Crippen LogP contribution >= 0.6 is 0 Å². The van der Waals surface area contributed by atoms with Crippen LogP contribution < -0.4 is 5.32 Å². The van der Waals surface area contributed by atoms with Crippen molar-refractivity contribution in [3.05, 3.63) is 71.5 Å². The van der Waals surface area contributed by atoms with Gasteiger partial charge in [0.05, 0.1) is 13.2 Å². The normalized spacial score (nSPS) is 14.1. The molecule has 0 fully saturated rings. The Morgan fingerprint density at radius 3 is 2.30 bits per heavy atom. The van der Waals surface area contributed by atoms with E-state index in [4.69, 9.17) is 0 Å². The van der Waals surface area contributed by atoms with Crippen molar-refractivity contribution in [2.45, 2.75) is 18.6 Å². The van der Waals surface area contributed by atoms with Gasteiger partial charge in [-0.15, -0.1) is 0 Å². The Morgan fingerprint density at radius 1 is 1.15 bits per heavy atom. The van der Waals surface area contributed by atoms with Crippen molar-refractivity contribution >= 4 is 11.8 Å². The molecule has 0 radical (unpaired) electrons. The van der Waals surface area contributed by atoms with Crippen molar-refractivity contribution in [3.8, 4) is 0 Å². The van der Waals surface area contributed by atoms with Gasteiger partial charge in [0.2, 0.25) is 5.91 Å². The topological polar surface area (TPSA) is 89.9 Å². The molecular formula is C20H23FN2O4. The average molecular weight is 374 g/mol. The highest BCUT2D eigenvalue weighted by Crippen LogP contribution is 2.21. The molecule has 0 aromatic heterocycles. The van der Waals surface area contributed by atoms with Gasteiger partial charge in [-0.25, -0.2) is 4.39 Å². The first-order valence-corrected chi connectivity index (χ1v) is 8.45. The van der Waals surface area contributed by atoms with Crippen molar-refractivity contribution < 1.29 is 24.2 Å². The van der Waals surface area contributed by atoms with Gasteiger partial charge in [0, 0.05) is 12.6 Å². The molecule has 2 rings (SSSR count). The third kappa shape index (κ3) is 5.35. The summed E-state index contributed by atoms with van der Waals surface area (Å²) in [7, 11) is 1.48. The molecule has 2 aromatic carbocycles. The number of rotatable bonds is 7. The Hall–Kier alpha value is -2.77. The highest BCUT2D eigenvalue weighted by molar-refractivity contribution is 5.97. The molecule has 0 saturated heterocycles. The van der Waals surface area contributed by atoms with Crippen LogP contribution in [0, 0.1) is 5.82 Å². The van der Waals surface area contributed by atoms with E-state index in [1.807, 2.05) is 6.07 Å². The van der Waals surface area contributed by atoms with Gasteiger partial charge >= 0.3 is 0 Å². The first-order valence-electron chi connectivity index (χ1n) is 8.45. The summed E-state index contributed by atoms with van der Waals surface area (Å²) < 4.78 is 13.0. The van der Waals surface area contributed by atoms with Gasteiger partial charge in [0.15, 0.2) is 0 Å². The lowest BCUT2D eigenvalue weighted by atomic mass is 9.95. The predicted octanol–water partition coefficient (Wildman–Crippen LogP) is 1.28. The van der Waals surface area contributed by atoms with Gasteiger partial charge in [-0.3, -0.25) is 9.59 Å². The van der Waals surface area contributed by atoms with Gasteiger partial charge in [-0.1, -0.05) is 30.3 Å². The van der Waals surface area contributed by atoms with Crippen LogP contribution in [0.15, 0.2) is 54.6 Å². The number of likely N-dealkylation sites (N-methyl/N-ethyl adjacent to an activating group) is 1. The lowest BCUT2D eigenvalue weighted by molar-refractivity contribution is -0.136. The Bertz CT molecular complexity index is 778. The minimum atomic E-state index is -1.30. The fourth-order valence-electron chi connectivity index (χ4n) is 2.72. The number of aliphatic hydroxyl groups is 2. The maximum atomic E-state index is 13.0. The Balaban J connectivity index is 2.04. The van der Waals surface area contributed by atoms with Gasteiger partial charge < -0.3 is 20.4 Å². The fourth-order valence-corrected chi connectivity index (χ4v) is 2.72.